The van der Waals surface area contributed by atoms with Crippen LogP contribution in [0.2, 0.25) is 5.02 Å². The normalized spacial score (nSPS) is 11.3. The quantitative estimate of drug-likeness (QED) is 0.0877. The van der Waals surface area contributed by atoms with E-state index in [0.29, 0.717) is 26.9 Å². The van der Waals surface area contributed by atoms with Gasteiger partial charge in [0.2, 0.25) is 11.6 Å². The van der Waals surface area contributed by atoms with E-state index in [-0.39, 0.29) is 41.9 Å². The van der Waals surface area contributed by atoms with Crippen LogP contribution < -0.4 is 15.0 Å². The molecule has 0 aliphatic heterocycles. The van der Waals surface area contributed by atoms with Crippen molar-refractivity contribution in [2.24, 2.45) is 5.10 Å². The molecule has 0 amide bonds. The van der Waals surface area contributed by atoms with Crippen LogP contribution >= 0.6 is 11.6 Å². The topological polar surface area (TPSA) is 148 Å². The molecule has 2 heterocycles. The van der Waals surface area contributed by atoms with Crippen molar-refractivity contribution in [2.45, 2.75) is 13.8 Å². The monoisotopic (exact) mass is 590 g/mol. The van der Waals surface area contributed by atoms with Gasteiger partial charge in [-0.2, -0.15) is 9.78 Å². The van der Waals surface area contributed by atoms with E-state index in [9.17, 15) is 19.7 Å². The first-order valence-corrected chi connectivity index (χ1v) is 13.2. The standard InChI is InChI=1S/C29H23ClN4O8/c1-3-39-24-12-17(11-22(34(37)38)27(24)41-16-26(35)40-4-2)15-31-33-28(32-21-8-6-5-7-20(21)29(33)36)25-14-18-13-19(30)9-10-23(18)42-25/h5-15H,3-4,16H2,1-2H3. The smallest absolute Gasteiger partial charge is 0.344 e. The average molecular weight is 591 g/mol. The summed E-state index contributed by atoms with van der Waals surface area (Å²) in [7, 11) is 0. The number of halogens is 1. The van der Waals surface area contributed by atoms with Crippen LogP contribution in [0.25, 0.3) is 33.5 Å². The van der Waals surface area contributed by atoms with Crippen LogP contribution in [0, 0.1) is 10.1 Å². The van der Waals surface area contributed by atoms with Crippen LogP contribution in [0.5, 0.6) is 11.5 Å². The number of aromatic nitrogens is 2. The van der Waals surface area contributed by atoms with Crippen LogP contribution in [0.1, 0.15) is 19.4 Å². The van der Waals surface area contributed by atoms with Gasteiger partial charge in [0.1, 0.15) is 5.58 Å². The molecule has 0 atom stereocenters. The average Bonchev–Trinajstić information content (AvgIpc) is 3.39. The van der Waals surface area contributed by atoms with Crippen LogP contribution in [-0.2, 0) is 9.53 Å². The highest BCUT2D eigenvalue weighted by Crippen LogP contribution is 2.38. The molecule has 42 heavy (non-hydrogen) atoms. The SMILES string of the molecule is CCOC(=O)COc1c(OCC)cc(C=Nn2c(-c3cc4cc(Cl)ccc4o3)nc3ccccc3c2=O)cc1[N+](=O)[O-]. The molecule has 12 nitrogen and oxygen atoms in total. The minimum absolute atomic E-state index is 0.0100. The zero-order valence-electron chi connectivity index (χ0n) is 22.4. The number of nitro groups is 1. The van der Waals surface area contributed by atoms with Gasteiger partial charge in [-0.1, -0.05) is 23.7 Å². The lowest BCUT2D eigenvalue weighted by molar-refractivity contribution is -0.385. The number of hydrogen-bond donors (Lipinski definition) is 0. The maximum atomic E-state index is 13.6. The lowest BCUT2D eigenvalue weighted by atomic mass is 10.2. The highest BCUT2D eigenvalue weighted by Gasteiger charge is 2.24. The molecule has 214 valence electrons. The molecule has 2 aromatic heterocycles. The third kappa shape index (κ3) is 5.79. The third-order valence-corrected chi connectivity index (χ3v) is 6.20. The fourth-order valence-electron chi connectivity index (χ4n) is 4.20. The summed E-state index contributed by atoms with van der Waals surface area (Å²) in [4.78, 5) is 41.3. The van der Waals surface area contributed by atoms with Gasteiger partial charge in [0, 0.05) is 22.0 Å². The number of carbonyl (C=O) groups excluding carboxylic acids is 1. The summed E-state index contributed by atoms with van der Waals surface area (Å²) >= 11 is 6.13. The molecule has 0 saturated carbocycles. The number of nitro benzene ring substituents is 1. The Morgan fingerprint density at radius 2 is 1.93 bits per heavy atom. The number of rotatable bonds is 10. The van der Waals surface area contributed by atoms with Gasteiger partial charge in [0.15, 0.2) is 18.1 Å². The number of para-hydroxylation sites is 1. The molecular weight excluding hydrogens is 568 g/mol. The summed E-state index contributed by atoms with van der Waals surface area (Å²) in [5, 5.41) is 17.8. The maximum Gasteiger partial charge on any atom is 0.344 e. The first-order valence-electron chi connectivity index (χ1n) is 12.8. The second-order valence-electron chi connectivity index (χ2n) is 8.76. The van der Waals surface area contributed by atoms with Crippen molar-refractivity contribution >= 4 is 51.3 Å². The lowest BCUT2D eigenvalue weighted by Gasteiger charge is -2.13. The second-order valence-corrected chi connectivity index (χ2v) is 9.19. The fraction of sp³-hybridized carbons (Fsp3) is 0.172. The Morgan fingerprint density at radius 1 is 1.12 bits per heavy atom. The number of esters is 1. The van der Waals surface area contributed by atoms with Crippen LogP contribution in [0.3, 0.4) is 0 Å². The molecule has 0 bridgehead atoms. The molecule has 0 saturated heterocycles. The molecule has 3 aromatic carbocycles. The van der Waals surface area contributed by atoms with Crippen LogP contribution in [0.4, 0.5) is 5.69 Å². The molecular formula is C29H23ClN4O8. The number of fused-ring (bicyclic) bond motifs is 2. The molecule has 0 N–H and O–H groups in total. The minimum atomic E-state index is -0.691. The van der Waals surface area contributed by atoms with Gasteiger partial charge in [-0.05, 0) is 56.3 Å². The number of hydrogen-bond acceptors (Lipinski definition) is 10. The van der Waals surface area contributed by atoms with Gasteiger partial charge in [-0.15, -0.1) is 0 Å². The zero-order valence-corrected chi connectivity index (χ0v) is 23.2. The van der Waals surface area contributed by atoms with E-state index in [1.165, 1.54) is 18.3 Å². The number of ether oxygens (including phenoxy) is 3. The Bertz CT molecular complexity index is 1910. The summed E-state index contributed by atoms with van der Waals surface area (Å²) in [5.74, 6) is -0.551. The Morgan fingerprint density at radius 3 is 2.69 bits per heavy atom. The number of carbonyl (C=O) groups is 1. The Kier molecular flexibility index (Phi) is 8.16. The van der Waals surface area contributed by atoms with Crippen molar-refractivity contribution < 1.29 is 28.3 Å². The molecule has 0 aliphatic carbocycles. The van der Waals surface area contributed by atoms with Crippen molar-refractivity contribution in [3.05, 3.63) is 91.7 Å². The first-order chi connectivity index (χ1) is 20.3. The molecule has 5 aromatic rings. The summed E-state index contributed by atoms with van der Waals surface area (Å²) in [6.07, 6.45) is 1.26. The van der Waals surface area contributed by atoms with Gasteiger partial charge in [0.25, 0.3) is 5.56 Å². The summed E-state index contributed by atoms with van der Waals surface area (Å²) in [6, 6.07) is 16.2. The van der Waals surface area contributed by atoms with Gasteiger partial charge >= 0.3 is 11.7 Å². The van der Waals surface area contributed by atoms with Crippen molar-refractivity contribution in [1.29, 1.82) is 0 Å². The van der Waals surface area contributed by atoms with E-state index >= 15 is 0 Å². The van der Waals surface area contributed by atoms with Crippen LogP contribution in [0.15, 0.2) is 75.0 Å². The largest absolute Gasteiger partial charge is 0.490 e. The number of benzene rings is 3. The van der Waals surface area contributed by atoms with Crippen LogP contribution in [-0.4, -0.2) is 46.6 Å². The molecule has 0 unspecified atom stereocenters. The second kappa shape index (κ2) is 12.1. The molecule has 0 radical (unpaired) electrons. The molecule has 13 heteroatoms. The van der Waals surface area contributed by atoms with Gasteiger partial charge in [0.05, 0.1) is 35.3 Å². The van der Waals surface area contributed by atoms with E-state index in [2.05, 4.69) is 10.1 Å². The Hall–Kier alpha value is -5.23. The van der Waals surface area contributed by atoms with Crippen molar-refractivity contribution in [3.63, 3.8) is 0 Å². The fourth-order valence-corrected chi connectivity index (χ4v) is 4.38. The molecule has 0 aliphatic rings. The minimum Gasteiger partial charge on any atom is -0.490 e. The highest BCUT2D eigenvalue weighted by atomic mass is 35.5. The number of furan rings is 1. The summed E-state index contributed by atoms with van der Waals surface area (Å²) in [5.41, 5.74) is 0.225. The Balaban J connectivity index is 1.63. The van der Waals surface area contributed by atoms with E-state index in [0.717, 1.165) is 4.68 Å². The van der Waals surface area contributed by atoms with Crippen molar-refractivity contribution in [3.8, 4) is 23.1 Å². The van der Waals surface area contributed by atoms with E-state index in [1.54, 1.807) is 62.4 Å². The van der Waals surface area contributed by atoms with Gasteiger partial charge in [-0.25, -0.2) is 9.78 Å². The number of nitrogens with zero attached hydrogens (tertiary/aromatic N) is 4. The summed E-state index contributed by atoms with van der Waals surface area (Å²) in [6.45, 7) is 3.06. The first kappa shape index (κ1) is 28.3. The zero-order chi connectivity index (χ0) is 29.8. The maximum absolute atomic E-state index is 13.6. The highest BCUT2D eigenvalue weighted by molar-refractivity contribution is 6.31. The Labute approximate surface area is 242 Å². The van der Waals surface area contributed by atoms with Gasteiger partial charge < -0.3 is 18.6 Å². The van der Waals surface area contributed by atoms with E-state index in [1.807, 2.05) is 0 Å². The molecule has 5 rings (SSSR count). The van der Waals surface area contributed by atoms with Gasteiger partial charge in [-0.3, -0.25) is 14.9 Å². The van der Waals surface area contributed by atoms with E-state index in [4.69, 9.17) is 30.2 Å². The summed E-state index contributed by atoms with van der Waals surface area (Å²) < 4.78 is 22.9. The van der Waals surface area contributed by atoms with Crippen molar-refractivity contribution in [2.75, 3.05) is 19.8 Å². The van der Waals surface area contributed by atoms with Crippen molar-refractivity contribution in [1.82, 2.24) is 9.66 Å². The lowest BCUT2D eigenvalue weighted by Crippen LogP contribution is -2.20. The van der Waals surface area contributed by atoms with E-state index < -0.39 is 28.7 Å². The predicted molar refractivity (Wildman–Crippen MR) is 156 cm³/mol. The third-order valence-electron chi connectivity index (χ3n) is 5.97. The molecule has 0 spiro atoms. The molecule has 0 fully saturated rings. The predicted octanol–water partition coefficient (Wildman–Crippen LogP) is 5.59.